The molecule has 1 aliphatic carbocycles. The molecule has 1 heterocycles. The molecule has 128 valence electrons. The number of carbonyl (C=O) groups excluding carboxylic acids is 1. The Kier molecular flexibility index (Phi) is 4.21. The number of hydrogen-bond donors (Lipinski definition) is 1. The predicted octanol–water partition coefficient (Wildman–Crippen LogP) is 3.20. The van der Waals surface area contributed by atoms with Crippen LogP contribution >= 0.6 is 0 Å². The molecule has 1 fully saturated rings. The third-order valence-corrected chi connectivity index (χ3v) is 3.92. The van der Waals surface area contributed by atoms with Crippen LogP contribution in [0.5, 0.6) is 0 Å². The van der Waals surface area contributed by atoms with Crippen molar-refractivity contribution in [2.75, 3.05) is 0 Å². The second-order valence-corrected chi connectivity index (χ2v) is 6.89. The average Bonchev–Trinajstić information content (AvgIpc) is 2.87. The van der Waals surface area contributed by atoms with Gasteiger partial charge in [0.1, 0.15) is 17.3 Å². The lowest BCUT2D eigenvalue weighted by molar-refractivity contribution is -0.149. The van der Waals surface area contributed by atoms with E-state index in [9.17, 15) is 23.5 Å². The zero-order chi connectivity index (χ0) is 17.5. The lowest BCUT2D eigenvalue weighted by atomic mass is 9.71. The fraction of sp³-hybridized carbons (Fsp3) is 0.667. The van der Waals surface area contributed by atoms with Crippen LogP contribution in [0.3, 0.4) is 0 Å². The van der Waals surface area contributed by atoms with E-state index in [0.717, 1.165) is 10.9 Å². The lowest BCUT2D eigenvalue weighted by Gasteiger charge is -2.35. The van der Waals surface area contributed by atoms with Crippen LogP contribution in [-0.4, -0.2) is 38.2 Å². The van der Waals surface area contributed by atoms with Crippen molar-refractivity contribution in [1.29, 1.82) is 0 Å². The Balaban J connectivity index is 2.26. The van der Waals surface area contributed by atoms with E-state index < -0.39 is 41.8 Å². The van der Waals surface area contributed by atoms with Gasteiger partial charge in [-0.25, -0.2) is 23.1 Å². The van der Waals surface area contributed by atoms with Crippen molar-refractivity contribution in [1.82, 2.24) is 9.55 Å². The second-order valence-electron chi connectivity index (χ2n) is 6.89. The van der Waals surface area contributed by atoms with E-state index in [-0.39, 0.29) is 18.5 Å². The van der Waals surface area contributed by atoms with Crippen LogP contribution in [0.4, 0.5) is 13.6 Å². The number of carboxylic acids is 1. The zero-order valence-electron chi connectivity index (χ0n) is 13.3. The highest BCUT2D eigenvalue weighted by molar-refractivity contribution is 5.81. The van der Waals surface area contributed by atoms with Crippen molar-refractivity contribution in [2.24, 2.45) is 0 Å². The Morgan fingerprint density at radius 3 is 2.30 bits per heavy atom. The Labute approximate surface area is 132 Å². The van der Waals surface area contributed by atoms with Gasteiger partial charge in [-0.15, -0.1) is 0 Å². The number of halogens is 2. The SMILES string of the molecule is CC(C)(C)OC(=O)n1cnc(C2(C(=O)O)CCC(F)(F)CC2)c1. The minimum absolute atomic E-state index is 0.103. The standard InChI is InChI=1S/C15H20F2N2O4/c1-13(2,3)23-12(22)19-8-10(18-9-19)14(11(20)21)4-6-15(16,17)7-5-14/h8-9H,4-7H2,1-3H3,(H,20,21). The van der Waals surface area contributed by atoms with Gasteiger partial charge < -0.3 is 9.84 Å². The topological polar surface area (TPSA) is 81.4 Å². The molecule has 0 bridgehead atoms. The fourth-order valence-electron chi connectivity index (χ4n) is 2.61. The minimum Gasteiger partial charge on any atom is -0.481 e. The first kappa shape index (κ1) is 17.4. The lowest BCUT2D eigenvalue weighted by Crippen LogP contribution is -2.43. The molecule has 6 nitrogen and oxygen atoms in total. The monoisotopic (exact) mass is 330 g/mol. The van der Waals surface area contributed by atoms with Gasteiger partial charge >= 0.3 is 12.1 Å². The molecule has 1 saturated carbocycles. The van der Waals surface area contributed by atoms with Gasteiger partial charge in [-0.3, -0.25) is 4.79 Å². The van der Waals surface area contributed by atoms with Crippen LogP contribution in [0.25, 0.3) is 0 Å². The third kappa shape index (κ3) is 3.68. The van der Waals surface area contributed by atoms with Gasteiger partial charge in [0, 0.05) is 19.0 Å². The number of aliphatic carboxylic acids is 1. The number of alkyl halides is 2. The molecule has 1 N–H and O–H groups in total. The summed E-state index contributed by atoms with van der Waals surface area (Å²) in [5.41, 5.74) is -2.10. The molecule has 8 heteroatoms. The summed E-state index contributed by atoms with van der Waals surface area (Å²) in [6.07, 6.45) is 0.239. The van der Waals surface area contributed by atoms with Gasteiger partial charge in [0.25, 0.3) is 0 Å². The number of carbonyl (C=O) groups is 2. The Bertz CT molecular complexity index is 609. The summed E-state index contributed by atoms with van der Waals surface area (Å²) in [4.78, 5) is 27.6. The van der Waals surface area contributed by atoms with Crippen molar-refractivity contribution in [3.8, 4) is 0 Å². The second kappa shape index (κ2) is 5.58. The van der Waals surface area contributed by atoms with Gasteiger partial charge in [0.05, 0.1) is 5.69 Å². The molecule has 0 aliphatic heterocycles. The smallest absolute Gasteiger partial charge is 0.419 e. The first-order valence-electron chi connectivity index (χ1n) is 7.34. The van der Waals surface area contributed by atoms with Gasteiger partial charge in [-0.1, -0.05) is 0 Å². The van der Waals surface area contributed by atoms with Crippen LogP contribution in [0.2, 0.25) is 0 Å². The Hall–Kier alpha value is -1.99. The quantitative estimate of drug-likeness (QED) is 0.900. The van der Waals surface area contributed by atoms with E-state index >= 15 is 0 Å². The first-order valence-corrected chi connectivity index (χ1v) is 7.34. The van der Waals surface area contributed by atoms with E-state index in [0.29, 0.717) is 0 Å². The molecule has 2 rings (SSSR count). The van der Waals surface area contributed by atoms with Crippen molar-refractivity contribution < 1.29 is 28.2 Å². The van der Waals surface area contributed by atoms with E-state index in [1.54, 1.807) is 20.8 Å². The van der Waals surface area contributed by atoms with Crippen LogP contribution < -0.4 is 0 Å². The highest BCUT2D eigenvalue weighted by Crippen LogP contribution is 2.45. The van der Waals surface area contributed by atoms with Crippen LogP contribution in [0.1, 0.15) is 52.1 Å². The summed E-state index contributed by atoms with van der Waals surface area (Å²) in [6, 6.07) is 0. The summed E-state index contributed by atoms with van der Waals surface area (Å²) in [7, 11) is 0. The van der Waals surface area contributed by atoms with E-state index in [2.05, 4.69) is 4.98 Å². The van der Waals surface area contributed by atoms with Gasteiger partial charge in [0.2, 0.25) is 5.92 Å². The summed E-state index contributed by atoms with van der Waals surface area (Å²) < 4.78 is 32.9. The number of nitrogens with zero attached hydrogens (tertiary/aromatic N) is 2. The molecular weight excluding hydrogens is 310 g/mol. The molecule has 0 spiro atoms. The van der Waals surface area contributed by atoms with E-state index in [1.807, 2.05) is 0 Å². The summed E-state index contributed by atoms with van der Waals surface area (Å²) in [5, 5.41) is 9.54. The predicted molar refractivity (Wildman–Crippen MR) is 76.6 cm³/mol. The third-order valence-electron chi connectivity index (χ3n) is 3.92. The van der Waals surface area contributed by atoms with Crippen molar-refractivity contribution in [3.05, 3.63) is 18.2 Å². The van der Waals surface area contributed by atoms with Crippen molar-refractivity contribution in [2.45, 2.75) is 63.4 Å². The summed E-state index contributed by atoms with van der Waals surface area (Å²) >= 11 is 0. The number of imidazole rings is 1. The highest BCUT2D eigenvalue weighted by Gasteiger charge is 2.50. The van der Waals surface area contributed by atoms with Crippen LogP contribution in [0, 0.1) is 0 Å². The number of carboxylic acid groups (broad SMARTS) is 1. The number of aromatic nitrogens is 2. The molecule has 0 atom stereocenters. The molecule has 0 aromatic carbocycles. The molecular formula is C15H20F2N2O4. The molecule has 1 aliphatic rings. The number of hydrogen-bond acceptors (Lipinski definition) is 4. The molecule has 0 saturated heterocycles. The Morgan fingerprint density at radius 2 is 1.83 bits per heavy atom. The number of rotatable bonds is 2. The van der Waals surface area contributed by atoms with Crippen LogP contribution in [0.15, 0.2) is 12.5 Å². The first-order chi connectivity index (χ1) is 10.5. The largest absolute Gasteiger partial charge is 0.481 e. The summed E-state index contributed by atoms with van der Waals surface area (Å²) in [6.45, 7) is 5.10. The van der Waals surface area contributed by atoms with Crippen LogP contribution in [-0.2, 0) is 14.9 Å². The maximum Gasteiger partial charge on any atom is 0.419 e. The average molecular weight is 330 g/mol. The highest BCUT2D eigenvalue weighted by atomic mass is 19.3. The molecule has 0 amide bonds. The minimum atomic E-state index is -2.85. The Morgan fingerprint density at radius 1 is 1.26 bits per heavy atom. The van der Waals surface area contributed by atoms with E-state index in [1.165, 1.54) is 6.20 Å². The molecule has 0 radical (unpaired) electrons. The molecule has 1 aromatic rings. The molecule has 0 unspecified atom stereocenters. The fourth-order valence-corrected chi connectivity index (χ4v) is 2.61. The molecule has 23 heavy (non-hydrogen) atoms. The van der Waals surface area contributed by atoms with Gasteiger partial charge in [-0.05, 0) is 33.6 Å². The zero-order valence-corrected chi connectivity index (χ0v) is 13.3. The maximum absolute atomic E-state index is 13.4. The normalized spacial score (nSPS) is 20.0. The van der Waals surface area contributed by atoms with E-state index in [4.69, 9.17) is 4.74 Å². The van der Waals surface area contributed by atoms with Crippen molar-refractivity contribution in [3.63, 3.8) is 0 Å². The maximum atomic E-state index is 13.4. The molecule has 1 aromatic heterocycles. The number of ether oxygens (including phenoxy) is 1. The van der Waals surface area contributed by atoms with Gasteiger partial charge in [-0.2, -0.15) is 0 Å². The van der Waals surface area contributed by atoms with Gasteiger partial charge in [0.15, 0.2) is 0 Å². The van der Waals surface area contributed by atoms with Crippen molar-refractivity contribution >= 4 is 12.1 Å². The summed E-state index contributed by atoms with van der Waals surface area (Å²) in [5.74, 6) is -4.06.